The summed E-state index contributed by atoms with van der Waals surface area (Å²) in [5.41, 5.74) is 0. The Kier molecular flexibility index (Phi) is 51.5. The van der Waals surface area contributed by atoms with Crippen LogP contribution in [0.15, 0.2) is 109 Å². The second-order valence-electron chi connectivity index (χ2n) is 17.7. The molecule has 0 fully saturated rings. The predicted octanol–water partition coefficient (Wildman–Crippen LogP) is 18.3. The zero-order valence-corrected chi connectivity index (χ0v) is 43.4. The van der Waals surface area contributed by atoms with Crippen molar-refractivity contribution in [2.75, 3.05) is 13.2 Å². The molecule has 6 heteroatoms. The Morgan fingerprint density at radius 1 is 0.313 bits per heavy atom. The van der Waals surface area contributed by atoms with E-state index in [9.17, 15) is 14.4 Å². The molecular weight excluding hydrogens is 829 g/mol. The molecule has 6 nitrogen and oxygen atoms in total. The molecule has 0 saturated heterocycles. The van der Waals surface area contributed by atoms with E-state index in [0.717, 1.165) is 116 Å². The maximum atomic E-state index is 12.8. The molecule has 0 rings (SSSR count). The van der Waals surface area contributed by atoms with Crippen molar-refractivity contribution in [2.24, 2.45) is 0 Å². The van der Waals surface area contributed by atoms with Crippen molar-refractivity contribution < 1.29 is 28.6 Å². The average molecular weight is 929 g/mol. The van der Waals surface area contributed by atoms with Crippen molar-refractivity contribution in [1.82, 2.24) is 0 Å². The molecule has 0 aromatic rings. The molecule has 0 bridgehead atoms. The average Bonchev–Trinajstić information content (AvgIpc) is 3.33. The van der Waals surface area contributed by atoms with Gasteiger partial charge in [0.25, 0.3) is 0 Å². The number of carbonyl (C=O) groups is 3. The molecule has 0 aliphatic carbocycles. The van der Waals surface area contributed by atoms with Crippen molar-refractivity contribution in [3.8, 4) is 0 Å². The van der Waals surface area contributed by atoms with E-state index in [2.05, 4.69) is 130 Å². The number of hydrogen-bond acceptors (Lipinski definition) is 6. The summed E-state index contributed by atoms with van der Waals surface area (Å²) in [4.78, 5) is 38.1. The number of rotatable bonds is 48. The molecule has 0 saturated carbocycles. The van der Waals surface area contributed by atoms with Crippen LogP contribution in [0, 0.1) is 0 Å². The summed E-state index contributed by atoms with van der Waals surface area (Å²) in [6.07, 6.45) is 73.6. The molecule has 0 amide bonds. The smallest absolute Gasteiger partial charge is 0.306 e. The minimum Gasteiger partial charge on any atom is -0.462 e. The molecule has 0 aliphatic rings. The third-order valence-corrected chi connectivity index (χ3v) is 11.2. The van der Waals surface area contributed by atoms with E-state index in [1.807, 2.05) is 0 Å². The van der Waals surface area contributed by atoms with Crippen LogP contribution in [0.5, 0.6) is 0 Å². The van der Waals surface area contributed by atoms with Crippen LogP contribution in [0.3, 0.4) is 0 Å². The molecule has 380 valence electrons. The maximum absolute atomic E-state index is 12.8. The maximum Gasteiger partial charge on any atom is 0.306 e. The fourth-order valence-corrected chi connectivity index (χ4v) is 7.12. The van der Waals surface area contributed by atoms with E-state index in [-0.39, 0.29) is 31.1 Å². The van der Waals surface area contributed by atoms with Crippen molar-refractivity contribution in [3.05, 3.63) is 109 Å². The normalized spacial score (nSPS) is 12.9. The Labute approximate surface area is 412 Å². The first kappa shape index (κ1) is 63.1. The van der Waals surface area contributed by atoms with E-state index in [1.54, 1.807) is 0 Å². The molecule has 0 N–H and O–H groups in total. The summed E-state index contributed by atoms with van der Waals surface area (Å²) in [6, 6.07) is 0. The second-order valence-corrected chi connectivity index (χ2v) is 17.7. The molecule has 0 spiro atoms. The van der Waals surface area contributed by atoms with E-state index in [4.69, 9.17) is 14.2 Å². The Balaban J connectivity index is 4.53. The predicted molar refractivity (Wildman–Crippen MR) is 288 cm³/mol. The highest BCUT2D eigenvalue weighted by Gasteiger charge is 2.19. The second kappa shape index (κ2) is 54.7. The van der Waals surface area contributed by atoms with E-state index >= 15 is 0 Å². The summed E-state index contributed by atoms with van der Waals surface area (Å²) in [5, 5.41) is 0. The summed E-state index contributed by atoms with van der Waals surface area (Å²) in [7, 11) is 0. The molecule has 1 atom stereocenters. The monoisotopic (exact) mass is 929 g/mol. The lowest BCUT2D eigenvalue weighted by atomic mass is 10.1. The third-order valence-electron chi connectivity index (χ3n) is 11.2. The van der Waals surface area contributed by atoms with E-state index in [1.165, 1.54) is 77.0 Å². The van der Waals surface area contributed by atoms with Gasteiger partial charge in [-0.05, 0) is 128 Å². The van der Waals surface area contributed by atoms with Crippen LogP contribution >= 0.6 is 0 Å². The first-order chi connectivity index (χ1) is 33.0. The number of carbonyl (C=O) groups excluding carboxylic acids is 3. The van der Waals surface area contributed by atoms with Gasteiger partial charge in [0.2, 0.25) is 0 Å². The van der Waals surface area contributed by atoms with Gasteiger partial charge < -0.3 is 14.2 Å². The summed E-state index contributed by atoms with van der Waals surface area (Å²) >= 11 is 0. The van der Waals surface area contributed by atoms with Gasteiger partial charge in [-0.25, -0.2) is 0 Å². The Bertz CT molecular complexity index is 1390. The summed E-state index contributed by atoms with van der Waals surface area (Å²) in [5.74, 6) is -0.994. The zero-order valence-electron chi connectivity index (χ0n) is 43.4. The van der Waals surface area contributed by atoms with Gasteiger partial charge in [-0.1, -0.05) is 201 Å². The SMILES string of the molecule is CC/C=C\C/C=C\C/C=C\C/C=C\CCCCC(=O)OC[C@H](COC(=O)CCCCC/C=C\C/C=C\C/C=C\C/C=C\CCCCC)OC(=O)CCCCCCC/C=C\CCCCCCCC. The lowest BCUT2D eigenvalue weighted by Gasteiger charge is -2.18. The van der Waals surface area contributed by atoms with Crippen molar-refractivity contribution in [2.45, 2.75) is 245 Å². The topological polar surface area (TPSA) is 78.9 Å². The van der Waals surface area contributed by atoms with Crippen molar-refractivity contribution in [1.29, 1.82) is 0 Å². The third kappa shape index (κ3) is 52.9. The Morgan fingerprint density at radius 3 is 1.00 bits per heavy atom. The van der Waals surface area contributed by atoms with Gasteiger partial charge in [0.15, 0.2) is 6.10 Å². The van der Waals surface area contributed by atoms with Crippen LogP contribution in [0.25, 0.3) is 0 Å². The van der Waals surface area contributed by atoms with Gasteiger partial charge in [0.05, 0.1) is 0 Å². The minimum atomic E-state index is -0.814. The summed E-state index contributed by atoms with van der Waals surface area (Å²) in [6.45, 7) is 6.41. The Morgan fingerprint density at radius 2 is 0.582 bits per heavy atom. The summed E-state index contributed by atoms with van der Waals surface area (Å²) < 4.78 is 16.8. The molecule has 67 heavy (non-hydrogen) atoms. The van der Waals surface area contributed by atoms with Gasteiger partial charge in [0.1, 0.15) is 13.2 Å². The van der Waals surface area contributed by atoms with E-state index in [0.29, 0.717) is 25.7 Å². The van der Waals surface area contributed by atoms with Crippen LogP contribution in [0.4, 0.5) is 0 Å². The molecular formula is C61H100O6. The number of ether oxygens (including phenoxy) is 3. The molecule has 0 aromatic heterocycles. The highest BCUT2D eigenvalue weighted by atomic mass is 16.6. The lowest BCUT2D eigenvalue weighted by Crippen LogP contribution is -2.30. The van der Waals surface area contributed by atoms with Crippen molar-refractivity contribution >= 4 is 17.9 Å². The van der Waals surface area contributed by atoms with Crippen molar-refractivity contribution in [3.63, 3.8) is 0 Å². The van der Waals surface area contributed by atoms with Gasteiger partial charge in [-0.2, -0.15) is 0 Å². The molecule has 0 unspecified atom stereocenters. The van der Waals surface area contributed by atoms with Crippen LogP contribution < -0.4 is 0 Å². The van der Waals surface area contributed by atoms with Crippen LogP contribution in [0.2, 0.25) is 0 Å². The largest absolute Gasteiger partial charge is 0.462 e. The van der Waals surface area contributed by atoms with Gasteiger partial charge in [0, 0.05) is 19.3 Å². The van der Waals surface area contributed by atoms with Gasteiger partial charge in [-0.15, -0.1) is 0 Å². The standard InChI is InChI=1S/C61H100O6/c1-4-7-10-13-16-19-22-25-28-29-30-31-34-36-39-42-45-48-51-54-60(63)66-57-58(67-61(64)55-52-49-46-43-40-37-33-27-24-21-18-15-12-9-6-3)56-65-59(62)53-50-47-44-41-38-35-32-26-23-20-17-14-11-8-5-2/h8,11,16-17,19-20,25-28,30-33,36,38-39,41,58H,4-7,9-10,12-15,18,21-24,29,34-35,37,40,42-57H2,1-3H3/b11-8-,19-16-,20-17-,28-25-,31-30-,32-26-,33-27-,39-36-,41-38-/t58-/m1/s1. The highest BCUT2D eigenvalue weighted by molar-refractivity contribution is 5.71. The molecule has 0 aliphatic heterocycles. The zero-order chi connectivity index (χ0) is 48.6. The molecule has 0 aromatic carbocycles. The van der Waals surface area contributed by atoms with Crippen LogP contribution in [0.1, 0.15) is 239 Å². The highest BCUT2D eigenvalue weighted by Crippen LogP contribution is 2.13. The first-order valence-electron chi connectivity index (χ1n) is 27.4. The van der Waals surface area contributed by atoms with Gasteiger partial charge in [-0.3, -0.25) is 14.4 Å². The number of esters is 3. The Hall–Kier alpha value is -3.93. The van der Waals surface area contributed by atoms with Crippen LogP contribution in [-0.4, -0.2) is 37.2 Å². The fraction of sp³-hybridized carbons (Fsp3) is 0.656. The number of allylic oxidation sites excluding steroid dienone is 18. The van der Waals surface area contributed by atoms with Crippen LogP contribution in [-0.2, 0) is 28.6 Å². The molecule has 0 heterocycles. The number of unbranched alkanes of at least 4 members (excludes halogenated alkanes) is 19. The fourth-order valence-electron chi connectivity index (χ4n) is 7.12. The minimum absolute atomic E-state index is 0.113. The quantitative estimate of drug-likeness (QED) is 0.0262. The lowest BCUT2D eigenvalue weighted by molar-refractivity contribution is -0.167. The van der Waals surface area contributed by atoms with E-state index < -0.39 is 6.10 Å². The number of hydrogen-bond donors (Lipinski definition) is 0. The molecule has 0 radical (unpaired) electrons. The van der Waals surface area contributed by atoms with Gasteiger partial charge >= 0.3 is 17.9 Å². The first-order valence-corrected chi connectivity index (χ1v) is 27.4.